The topological polar surface area (TPSA) is 54.0 Å². The number of pyridine rings is 1. The summed E-state index contributed by atoms with van der Waals surface area (Å²) in [6.45, 7) is 0.688. The molecular weight excluding hydrogens is 246 g/mol. The molecule has 74 valence electrons. The Hall–Kier alpha value is -1.10. The van der Waals surface area contributed by atoms with E-state index in [1.807, 2.05) is 6.07 Å². The summed E-state index contributed by atoms with van der Waals surface area (Å²) in [5, 5.41) is 6.05. The monoisotopic (exact) mass is 255 g/mol. The van der Waals surface area contributed by atoms with Crippen molar-refractivity contribution < 1.29 is 4.79 Å². The summed E-state index contributed by atoms with van der Waals surface area (Å²) in [5.74, 6) is 0.104. The second-order valence-corrected chi connectivity index (χ2v) is 4.06. The van der Waals surface area contributed by atoms with Crippen LogP contribution >= 0.6 is 15.9 Å². The van der Waals surface area contributed by atoms with Crippen LogP contribution in [0.25, 0.3) is 0 Å². The molecule has 1 unspecified atom stereocenters. The molecule has 1 saturated heterocycles. The maximum absolute atomic E-state index is 11.0. The van der Waals surface area contributed by atoms with E-state index < -0.39 is 0 Å². The minimum Gasteiger partial charge on any atom is -0.379 e. The molecule has 1 amide bonds. The molecule has 0 spiro atoms. The fourth-order valence-corrected chi connectivity index (χ4v) is 1.78. The maximum atomic E-state index is 11.0. The van der Waals surface area contributed by atoms with Crippen LogP contribution in [0.5, 0.6) is 0 Å². The van der Waals surface area contributed by atoms with Crippen LogP contribution in [0.3, 0.4) is 0 Å². The fourth-order valence-electron chi connectivity index (χ4n) is 1.42. The summed E-state index contributed by atoms with van der Waals surface area (Å²) >= 11 is 3.39. The van der Waals surface area contributed by atoms with E-state index in [4.69, 9.17) is 0 Å². The average molecular weight is 256 g/mol. The Balaban J connectivity index is 2.04. The molecule has 0 aromatic carbocycles. The number of hydrogen-bond donors (Lipinski definition) is 2. The average Bonchev–Trinajstić information content (AvgIpc) is 2.56. The van der Waals surface area contributed by atoms with E-state index in [0.29, 0.717) is 13.0 Å². The van der Waals surface area contributed by atoms with Gasteiger partial charge in [-0.05, 0) is 22.0 Å². The van der Waals surface area contributed by atoms with Gasteiger partial charge in [0.05, 0.1) is 16.2 Å². The third-order valence-corrected chi connectivity index (χ3v) is 2.74. The number of nitrogens with one attached hydrogen (secondary N) is 2. The van der Waals surface area contributed by atoms with E-state index in [1.165, 1.54) is 0 Å². The van der Waals surface area contributed by atoms with Gasteiger partial charge in [0, 0.05) is 25.4 Å². The van der Waals surface area contributed by atoms with Crippen molar-refractivity contribution in [3.05, 3.63) is 22.9 Å². The van der Waals surface area contributed by atoms with Crippen molar-refractivity contribution in [2.24, 2.45) is 0 Å². The Morgan fingerprint density at radius 1 is 1.64 bits per heavy atom. The standard InChI is InChI=1S/C9H10BrN3O/c10-7-5-11-2-1-8(7)13-6-3-9(14)12-4-6/h1-2,5-6H,3-4H2,(H,11,13)(H,12,14). The molecule has 5 heteroatoms. The van der Waals surface area contributed by atoms with Crippen molar-refractivity contribution in [1.29, 1.82) is 0 Å². The first kappa shape index (κ1) is 9.45. The molecule has 1 aromatic rings. The molecule has 0 saturated carbocycles. The molecule has 0 bridgehead atoms. The third-order valence-electron chi connectivity index (χ3n) is 2.11. The summed E-state index contributed by atoms with van der Waals surface area (Å²) in [7, 11) is 0. The highest BCUT2D eigenvalue weighted by Crippen LogP contribution is 2.21. The van der Waals surface area contributed by atoms with Gasteiger partial charge in [0.2, 0.25) is 5.91 Å². The fraction of sp³-hybridized carbons (Fsp3) is 0.333. The van der Waals surface area contributed by atoms with Gasteiger partial charge < -0.3 is 10.6 Å². The number of aromatic nitrogens is 1. The Morgan fingerprint density at radius 3 is 3.14 bits per heavy atom. The van der Waals surface area contributed by atoms with Gasteiger partial charge in [0.25, 0.3) is 0 Å². The van der Waals surface area contributed by atoms with Crippen molar-refractivity contribution in [3.8, 4) is 0 Å². The van der Waals surface area contributed by atoms with Gasteiger partial charge in [-0.2, -0.15) is 0 Å². The highest BCUT2D eigenvalue weighted by Gasteiger charge is 2.21. The zero-order valence-electron chi connectivity index (χ0n) is 7.46. The van der Waals surface area contributed by atoms with E-state index in [1.54, 1.807) is 12.4 Å². The zero-order valence-corrected chi connectivity index (χ0v) is 9.04. The summed E-state index contributed by atoms with van der Waals surface area (Å²) in [4.78, 5) is 14.9. The molecule has 2 rings (SSSR count). The van der Waals surface area contributed by atoms with Crippen LogP contribution in [0.4, 0.5) is 5.69 Å². The Bertz CT molecular complexity index is 356. The first-order valence-corrected chi connectivity index (χ1v) is 5.18. The first-order valence-electron chi connectivity index (χ1n) is 4.38. The van der Waals surface area contributed by atoms with Gasteiger partial charge in [-0.15, -0.1) is 0 Å². The molecule has 4 nitrogen and oxygen atoms in total. The van der Waals surface area contributed by atoms with Crippen molar-refractivity contribution in [2.75, 3.05) is 11.9 Å². The molecule has 2 heterocycles. The SMILES string of the molecule is O=C1CC(Nc2ccncc2Br)CN1. The minimum atomic E-state index is 0.104. The van der Waals surface area contributed by atoms with Crippen LogP contribution in [0.15, 0.2) is 22.9 Å². The van der Waals surface area contributed by atoms with E-state index in [9.17, 15) is 4.79 Å². The zero-order chi connectivity index (χ0) is 9.97. The van der Waals surface area contributed by atoms with Crippen molar-refractivity contribution in [1.82, 2.24) is 10.3 Å². The predicted octanol–water partition coefficient (Wildman–Crippen LogP) is 1.14. The van der Waals surface area contributed by atoms with Crippen molar-refractivity contribution in [2.45, 2.75) is 12.5 Å². The van der Waals surface area contributed by atoms with Crippen molar-refractivity contribution in [3.63, 3.8) is 0 Å². The summed E-state index contributed by atoms with van der Waals surface area (Å²) < 4.78 is 0.916. The molecule has 1 aromatic heterocycles. The number of amides is 1. The number of rotatable bonds is 2. The van der Waals surface area contributed by atoms with Crippen LogP contribution in [0.2, 0.25) is 0 Å². The number of carbonyl (C=O) groups excluding carboxylic acids is 1. The molecule has 1 aliphatic heterocycles. The van der Waals surface area contributed by atoms with Gasteiger partial charge in [-0.1, -0.05) is 0 Å². The van der Waals surface area contributed by atoms with Gasteiger partial charge in [-0.3, -0.25) is 9.78 Å². The Kier molecular flexibility index (Phi) is 2.67. The largest absolute Gasteiger partial charge is 0.379 e. The van der Waals surface area contributed by atoms with Crippen molar-refractivity contribution >= 4 is 27.5 Å². The number of hydrogen-bond acceptors (Lipinski definition) is 3. The number of halogens is 1. The van der Waals surface area contributed by atoms with Gasteiger partial charge in [0.15, 0.2) is 0 Å². The lowest BCUT2D eigenvalue weighted by atomic mass is 10.2. The predicted molar refractivity (Wildman–Crippen MR) is 57.0 cm³/mol. The molecule has 1 aliphatic rings. The van der Waals surface area contributed by atoms with E-state index in [-0.39, 0.29) is 11.9 Å². The number of nitrogens with zero attached hydrogens (tertiary/aromatic N) is 1. The highest BCUT2D eigenvalue weighted by atomic mass is 79.9. The van der Waals surface area contributed by atoms with Gasteiger partial charge in [0.1, 0.15) is 0 Å². The molecule has 0 radical (unpaired) electrons. The van der Waals surface area contributed by atoms with Crippen LogP contribution in [0.1, 0.15) is 6.42 Å². The maximum Gasteiger partial charge on any atom is 0.222 e. The second-order valence-electron chi connectivity index (χ2n) is 3.20. The highest BCUT2D eigenvalue weighted by molar-refractivity contribution is 9.10. The molecule has 1 fully saturated rings. The Morgan fingerprint density at radius 2 is 2.50 bits per heavy atom. The summed E-state index contributed by atoms with van der Waals surface area (Å²) in [6.07, 6.45) is 3.98. The van der Waals surface area contributed by atoms with E-state index in [0.717, 1.165) is 10.2 Å². The molecule has 0 aliphatic carbocycles. The molecule has 2 N–H and O–H groups in total. The van der Waals surface area contributed by atoms with Gasteiger partial charge in [-0.25, -0.2) is 0 Å². The summed E-state index contributed by atoms with van der Waals surface area (Å²) in [5.41, 5.74) is 0.974. The lowest BCUT2D eigenvalue weighted by molar-refractivity contribution is -0.119. The quantitative estimate of drug-likeness (QED) is 0.834. The molecule has 14 heavy (non-hydrogen) atoms. The van der Waals surface area contributed by atoms with Crippen LogP contribution in [0, 0.1) is 0 Å². The van der Waals surface area contributed by atoms with E-state index >= 15 is 0 Å². The van der Waals surface area contributed by atoms with Crippen LogP contribution in [-0.4, -0.2) is 23.5 Å². The summed E-state index contributed by atoms with van der Waals surface area (Å²) in [6, 6.07) is 2.06. The smallest absolute Gasteiger partial charge is 0.222 e. The normalized spacial score (nSPS) is 20.6. The number of carbonyl (C=O) groups is 1. The second kappa shape index (κ2) is 3.96. The molecular formula is C9H10BrN3O. The lowest BCUT2D eigenvalue weighted by Crippen LogP contribution is -2.22. The van der Waals surface area contributed by atoms with Gasteiger partial charge >= 0.3 is 0 Å². The van der Waals surface area contributed by atoms with Crippen LogP contribution in [-0.2, 0) is 4.79 Å². The Labute approximate surface area is 90.2 Å². The van der Waals surface area contributed by atoms with E-state index in [2.05, 4.69) is 31.5 Å². The lowest BCUT2D eigenvalue weighted by Gasteiger charge is -2.12. The first-order chi connectivity index (χ1) is 6.75. The van der Waals surface area contributed by atoms with Crippen LogP contribution < -0.4 is 10.6 Å². The molecule has 1 atom stereocenters. The number of anilines is 1. The minimum absolute atomic E-state index is 0.104. The third kappa shape index (κ3) is 2.04.